The Morgan fingerprint density at radius 3 is 2.42 bits per heavy atom. The fourth-order valence-electron chi connectivity index (χ4n) is 1.79. The zero-order valence-corrected chi connectivity index (χ0v) is 13.3. The molecule has 0 heterocycles. The molecule has 2 rings (SSSR count). The van der Waals surface area contributed by atoms with Crippen molar-refractivity contribution in [3.63, 3.8) is 0 Å². The average Bonchev–Trinajstić information content (AvgIpc) is 2.37. The zero-order chi connectivity index (χ0) is 14.0. The molecule has 0 radical (unpaired) electrons. The third-order valence-corrected chi connectivity index (χ3v) is 4.39. The van der Waals surface area contributed by atoms with E-state index in [1.807, 2.05) is 6.07 Å². The first-order valence-corrected chi connectivity index (χ1v) is 7.22. The molecule has 100 valence electrons. The first-order valence-electron chi connectivity index (χ1n) is 5.39. The van der Waals surface area contributed by atoms with Gasteiger partial charge in [-0.2, -0.15) is 0 Å². The van der Waals surface area contributed by atoms with Gasteiger partial charge in [-0.05, 0) is 58.0 Å². The predicted octanol–water partition coefficient (Wildman–Crippen LogP) is 4.29. The van der Waals surface area contributed by atoms with Gasteiger partial charge < -0.3 is 0 Å². The number of nitrogens with one attached hydrogen (secondary N) is 1. The molecule has 0 saturated heterocycles. The van der Waals surface area contributed by atoms with Crippen LogP contribution in [0.2, 0.25) is 10.0 Å². The lowest BCUT2D eigenvalue weighted by Crippen LogP contribution is -2.29. The molecule has 0 bridgehead atoms. The number of rotatable bonds is 3. The Morgan fingerprint density at radius 2 is 1.84 bits per heavy atom. The van der Waals surface area contributed by atoms with Crippen molar-refractivity contribution in [2.45, 2.75) is 6.04 Å². The number of halogens is 4. The van der Waals surface area contributed by atoms with Gasteiger partial charge >= 0.3 is 0 Å². The third-order valence-electron chi connectivity index (χ3n) is 2.72. The first kappa shape index (κ1) is 15.0. The Balaban J connectivity index is 2.46. The second kappa shape index (κ2) is 6.37. The molecule has 3 N–H and O–H groups in total. The van der Waals surface area contributed by atoms with Crippen LogP contribution in [0, 0.1) is 9.39 Å². The molecule has 0 fully saturated rings. The van der Waals surface area contributed by atoms with Gasteiger partial charge in [0.1, 0.15) is 5.82 Å². The summed E-state index contributed by atoms with van der Waals surface area (Å²) in [5.74, 6) is 5.33. The highest BCUT2D eigenvalue weighted by molar-refractivity contribution is 14.1. The van der Waals surface area contributed by atoms with E-state index < -0.39 is 0 Å². The number of nitrogens with two attached hydrogens (primary N) is 1. The summed E-state index contributed by atoms with van der Waals surface area (Å²) in [6, 6.07) is 9.56. The van der Waals surface area contributed by atoms with Crippen LogP contribution in [0.4, 0.5) is 4.39 Å². The minimum atomic E-state index is -0.280. The Kier molecular flexibility index (Phi) is 5.03. The van der Waals surface area contributed by atoms with Crippen molar-refractivity contribution in [3.8, 4) is 0 Å². The summed E-state index contributed by atoms with van der Waals surface area (Å²) < 4.78 is 13.9. The van der Waals surface area contributed by atoms with Crippen molar-refractivity contribution in [3.05, 3.63) is 67.0 Å². The third kappa shape index (κ3) is 3.38. The summed E-state index contributed by atoms with van der Waals surface area (Å²) in [6.07, 6.45) is 0. The van der Waals surface area contributed by atoms with E-state index in [1.54, 1.807) is 18.2 Å². The van der Waals surface area contributed by atoms with Crippen LogP contribution in [0.5, 0.6) is 0 Å². The average molecular weight is 411 g/mol. The Hall–Kier alpha value is -0.400. The lowest BCUT2D eigenvalue weighted by atomic mass is 9.99. The summed E-state index contributed by atoms with van der Waals surface area (Å²) in [4.78, 5) is 0. The molecular formula is C13H10Cl2FIN2. The highest BCUT2D eigenvalue weighted by Crippen LogP contribution is 2.30. The van der Waals surface area contributed by atoms with Crippen LogP contribution in [0.1, 0.15) is 17.2 Å². The molecule has 0 saturated carbocycles. The molecule has 2 nitrogen and oxygen atoms in total. The maximum atomic E-state index is 13.1. The monoisotopic (exact) mass is 410 g/mol. The van der Waals surface area contributed by atoms with Gasteiger partial charge in [0.25, 0.3) is 0 Å². The molecular weight excluding hydrogens is 401 g/mol. The fourth-order valence-corrected chi connectivity index (χ4v) is 2.89. The molecule has 0 aromatic heterocycles. The molecule has 1 atom stereocenters. The second-order valence-electron chi connectivity index (χ2n) is 3.94. The quantitative estimate of drug-likeness (QED) is 0.450. The van der Waals surface area contributed by atoms with E-state index in [-0.39, 0.29) is 11.9 Å². The SMILES string of the molecule is NNC(c1ccc(Cl)c(Cl)c1)c1ccc(F)cc1I. The minimum Gasteiger partial charge on any atom is -0.271 e. The van der Waals surface area contributed by atoms with E-state index in [4.69, 9.17) is 29.0 Å². The molecule has 2 aromatic rings. The van der Waals surface area contributed by atoms with Crippen molar-refractivity contribution in [2.24, 2.45) is 5.84 Å². The van der Waals surface area contributed by atoms with Crippen molar-refractivity contribution in [1.82, 2.24) is 5.43 Å². The summed E-state index contributed by atoms with van der Waals surface area (Å²) in [5, 5.41) is 0.937. The Bertz CT molecular complexity index is 607. The molecule has 0 aliphatic carbocycles. The van der Waals surface area contributed by atoms with Gasteiger partial charge in [0, 0.05) is 3.57 Å². The van der Waals surface area contributed by atoms with Gasteiger partial charge in [0.2, 0.25) is 0 Å². The smallest absolute Gasteiger partial charge is 0.124 e. The van der Waals surface area contributed by atoms with E-state index >= 15 is 0 Å². The summed E-state index contributed by atoms with van der Waals surface area (Å²) >= 11 is 14.0. The molecule has 19 heavy (non-hydrogen) atoms. The first-order chi connectivity index (χ1) is 9.02. The fraction of sp³-hybridized carbons (Fsp3) is 0.0769. The number of hydrazine groups is 1. The zero-order valence-electron chi connectivity index (χ0n) is 9.63. The van der Waals surface area contributed by atoms with Gasteiger partial charge in [-0.25, -0.2) is 9.82 Å². The summed E-state index contributed by atoms with van der Waals surface area (Å²) in [5.41, 5.74) is 4.45. The predicted molar refractivity (Wildman–Crippen MR) is 84.7 cm³/mol. The maximum absolute atomic E-state index is 13.1. The van der Waals surface area contributed by atoms with Crippen LogP contribution in [0.3, 0.4) is 0 Å². The van der Waals surface area contributed by atoms with Gasteiger partial charge in [-0.15, -0.1) is 0 Å². The van der Waals surface area contributed by atoms with Crippen LogP contribution in [0.25, 0.3) is 0 Å². The topological polar surface area (TPSA) is 38.0 Å². The van der Waals surface area contributed by atoms with E-state index in [1.165, 1.54) is 12.1 Å². The summed E-state index contributed by atoms with van der Waals surface area (Å²) in [6.45, 7) is 0. The second-order valence-corrected chi connectivity index (χ2v) is 5.92. The van der Waals surface area contributed by atoms with E-state index in [0.29, 0.717) is 10.0 Å². The summed E-state index contributed by atoms with van der Waals surface area (Å²) in [7, 11) is 0. The lowest BCUT2D eigenvalue weighted by molar-refractivity contribution is 0.612. The Morgan fingerprint density at radius 1 is 1.11 bits per heavy atom. The molecule has 2 aromatic carbocycles. The highest BCUT2D eigenvalue weighted by Gasteiger charge is 2.16. The molecule has 0 amide bonds. The molecule has 0 aliphatic rings. The maximum Gasteiger partial charge on any atom is 0.124 e. The van der Waals surface area contributed by atoms with Crippen LogP contribution >= 0.6 is 45.8 Å². The molecule has 6 heteroatoms. The van der Waals surface area contributed by atoms with Crippen LogP contribution in [-0.2, 0) is 0 Å². The molecule has 1 unspecified atom stereocenters. The largest absolute Gasteiger partial charge is 0.271 e. The van der Waals surface area contributed by atoms with E-state index in [0.717, 1.165) is 14.7 Å². The Labute approximate surface area is 134 Å². The van der Waals surface area contributed by atoms with Crippen molar-refractivity contribution in [1.29, 1.82) is 0 Å². The lowest BCUT2D eigenvalue weighted by Gasteiger charge is -2.19. The number of hydrogen-bond acceptors (Lipinski definition) is 2. The molecule has 0 spiro atoms. The molecule has 0 aliphatic heterocycles. The van der Waals surface area contributed by atoms with Crippen molar-refractivity contribution in [2.75, 3.05) is 0 Å². The standard InChI is InChI=1S/C13H10Cl2FIN2/c14-10-4-1-7(5-11(10)15)13(19-18)9-3-2-8(16)6-12(9)17/h1-6,13,19H,18H2. The van der Waals surface area contributed by atoms with Crippen molar-refractivity contribution >= 4 is 45.8 Å². The number of hydrogen-bond donors (Lipinski definition) is 2. The minimum absolute atomic E-state index is 0.276. The van der Waals surface area contributed by atoms with Gasteiger partial charge in [-0.1, -0.05) is 35.3 Å². The highest BCUT2D eigenvalue weighted by atomic mass is 127. The van der Waals surface area contributed by atoms with E-state index in [2.05, 4.69) is 28.0 Å². The number of benzene rings is 2. The van der Waals surface area contributed by atoms with Crippen LogP contribution in [-0.4, -0.2) is 0 Å². The van der Waals surface area contributed by atoms with Crippen LogP contribution < -0.4 is 11.3 Å². The van der Waals surface area contributed by atoms with Gasteiger partial charge in [0.15, 0.2) is 0 Å². The van der Waals surface area contributed by atoms with Crippen LogP contribution in [0.15, 0.2) is 36.4 Å². The van der Waals surface area contributed by atoms with E-state index in [9.17, 15) is 4.39 Å². The van der Waals surface area contributed by atoms with Gasteiger partial charge in [-0.3, -0.25) is 5.84 Å². The van der Waals surface area contributed by atoms with Crippen molar-refractivity contribution < 1.29 is 4.39 Å². The van der Waals surface area contributed by atoms with Gasteiger partial charge in [0.05, 0.1) is 16.1 Å². The normalized spacial score (nSPS) is 12.5.